The minimum absolute atomic E-state index is 0.0569. The lowest BCUT2D eigenvalue weighted by Crippen LogP contribution is -2.38. The van der Waals surface area contributed by atoms with E-state index in [4.69, 9.17) is 14.5 Å². The third kappa shape index (κ3) is 4.05. The number of Topliss-reactive ketones (excluding diaryl/α,β-unsaturated/α-hetero) is 1. The molecule has 1 heterocycles. The van der Waals surface area contributed by atoms with Crippen LogP contribution in [-0.2, 0) is 14.3 Å². The highest BCUT2D eigenvalue weighted by atomic mass is 16.5. The summed E-state index contributed by atoms with van der Waals surface area (Å²) in [5, 5.41) is 0. The monoisotopic (exact) mass is 417 g/mol. The predicted molar refractivity (Wildman–Crippen MR) is 119 cm³/mol. The van der Waals surface area contributed by atoms with Gasteiger partial charge in [-0.15, -0.1) is 0 Å². The van der Waals surface area contributed by atoms with Crippen LogP contribution >= 0.6 is 0 Å². The summed E-state index contributed by atoms with van der Waals surface area (Å²) >= 11 is 0. The number of allylic oxidation sites excluding steroid dienone is 2. The molecule has 1 aliphatic carbocycles. The lowest BCUT2D eigenvalue weighted by molar-refractivity contribution is -0.146. The summed E-state index contributed by atoms with van der Waals surface area (Å²) in [6, 6.07) is 17.7. The molecule has 1 unspecified atom stereocenters. The maximum absolute atomic E-state index is 13.4. The molecule has 0 aromatic heterocycles. The van der Waals surface area contributed by atoms with Crippen LogP contribution in [-0.4, -0.2) is 31.2 Å². The molecule has 5 nitrogen and oxygen atoms in total. The Kier molecular flexibility index (Phi) is 6.03. The number of ether oxygens (including phenoxy) is 2. The Morgan fingerprint density at radius 3 is 2.39 bits per heavy atom. The van der Waals surface area contributed by atoms with Gasteiger partial charge in [0.15, 0.2) is 5.78 Å². The largest absolute Gasteiger partial charge is 0.497 e. The van der Waals surface area contributed by atoms with Crippen LogP contribution in [0.3, 0.4) is 0 Å². The maximum atomic E-state index is 13.4. The third-order valence-electron chi connectivity index (χ3n) is 6.18. The molecule has 2 aliphatic rings. The van der Waals surface area contributed by atoms with Crippen molar-refractivity contribution in [2.45, 2.75) is 38.5 Å². The molecule has 0 amide bonds. The average Bonchev–Trinajstić information content (AvgIpc) is 2.78. The highest BCUT2D eigenvalue weighted by Gasteiger charge is 2.44. The van der Waals surface area contributed by atoms with E-state index in [-0.39, 0.29) is 24.3 Å². The van der Waals surface area contributed by atoms with Gasteiger partial charge in [0, 0.05) is 29.3 Å². The molecule has 2 aromatic carbocycles. The molecular weight excluding hydrogens is 390 g/mol. The van der Waals surface area contributed by atoms with Crippen LogP contribution in [0.25, 0.3) is 0 Å². The molecule has 4 rings (SSSR count). The van der Waals surface area contributed by atoms with Gasteiger partial charge in [-0.05, 0) is 49.4 Å². The number of nitrogens with zero attached hydrogens (tertiary/aromatic N) is 1. The van der Waals surface area contributed by atoms with Gasteiger partial charge in [-0.3, -0.25) is 14.6 Å². The first-order valence-corrected chi connectivity index (χ1v) is 10.7. The average molecular weight is 418 g/mol. The van der Waals surface area contributed by atoms with E-state index < -0.39 is 11.8 Å². The summed E-state index contributed by atoms with van der Waals surface area (Å²) in [4.78, 5) is 31.1. The van der Waals surface area contributed by atoms with Gasteiger partial charge in [-0.1, -0.05) is 42.5 Å². The van der Waals surface area contributed by atoms with E-state index in [0.717, 1.165) is 22.6 Å². The second kappa shape index (κ2) is 8.88. The maximum Gasteiger partial charge on any atom is 0.315 e. The third-order valence-corrected chi connectivity index (χ3v) is 6.18. The van der Waals surface area contributed by atoms with E-state index in [2.05, 4.69) is 12.1 Å². The summed E-state index contributed by atoms with van der Waals surface area (Å²) in [7, 11) is 1.61. The van der Waals surface area contributed by atoms with Crippen LogP contribution in [0, 0.1) is 5.92 Å². The van der Waals surface area contributed by atoms with E-state index in [1.54, 1.807) is 14.0 Å². The molecular formula is C26H27NO4. The Bertz CT molecular complexity index is 1040. The van der Waals surface area contributed by atoms with Gasteiger partial charge < -0.3 is 9.47 Å². The number of carbonyl (C=O) groups is 2. The summed E-state index contributed by atoms with van der Waals surface area (Å²) in [5.74, 6) is -0.466. The molecule has 3 atom stereocenters. The Balaban J connectivity index is 1.79. The summed E-state index contributed by atoms with van der Waals surface area (Å²) in [6.07, 6.45) is 1.10. The standard InChI is InChI=1S/C26H27NO4/c1-4-31-26(29)23-16(2)27-21-14-19(17-8-6-5-7-9-17)15-22(28)25(21)24(23)18-10-12-20(30-3)13-11-18/h5-13,19,23-24H,4,14-15H2,1-3H3/t19-,23?,24+/m1/s1. The zero-order valence-corrected chi connectivity index (χ0v) is 18.1. The molecule has 0 saturated carbocycles. The zero-order chi connectivity index (χ0) is 22.0. The van der Waals surface area contributed by atoms with Gasteiger partial charge in [0.25, 0.3) is 0 Å². The fraction of sp³-hybridized carbons (Fsp3) is 0.346. The number of hydrogen-bond acceptors (Lipinski definition) is 5. The fourth-order valence-electron chi connectivity index (χ4n) is 4.73. The predicted octanol–water partition coefficient (Wildman–Crippen LogP) is 4.83. The first kappa shape index (κ1) is 21.0. The van der Waals surface area contributed by atoms with Crippen molar-refractivity contribution in [3.05, 3.63) is 77.0 Å². The van der Waals surface area contributed by atoms with Crippen molar-refractivity contribution >= 4 is 17.5 Å². The normalized spacial score (nSPS) is 23.1. The first-order valence-electron chi connectivity index (χ1n) is 10.7. The van der Waals surface area contributed by atoms with Crippen molar-refractivity contribution in [3.8, 4) is 5.75 Å². The summed E-state index contributed by atoms with van der Waals surface area (Å²) in [5.41, 5.74) is 4.18. The Morgan fingerprint density at radius 2 is 1.74 bits per heavy atom. The van der Waals surface area contributed by atoms with Gasteiger partial charge in [-0.25, -0.2) is 0 Å². The van der Waals surface area contributed by atoms with Crippen molar-refractivity contribution in [3.63, 3.8) is 0 Å². The first-order chi connectivity index (χ1) is 15.0. The topological polar surface area (TPSA) is 65.0 Å². The molecule has 0 N–H and O–H groups in total. The van der Waals surface area contributed by atoms with Crippen molar-refractivity contribution in [1.29, 1.82) is 0 Å². The van der Waals surface area contributed by atoms with E-state index in [9.17, 15) is 9.59 Å². The van der Waals surface area contributed by atoms with Crippen LogP contribution in [0.4, 0.5) is 0 Å². The lowest BCUT2D eigenvalue weighted by atomic mass is 9.69. The number of methoxy groups -OCH3 is 1. The Morgan fingerprint density at radius 1 is 1.03 bits per heavy atom. The number of rotatable bonds is 5. The van der Waals surface area contributed by atoms with E-state index in [1.807, 2.05) is 49.4 Å². The Hall–Kier alpha value is -3.21. The van der Waals surface area contributed by atoms with E-state index in [0.29, 0.717) is 24.1 Å². The van der Waals surface area contributed by atoms with Crippen LogP contribution in [0.5, 0.6) is 5.75 Å². The smallest absolute Gasteiger partial charge is 0.315 e. The molecule has 0 radical (unpaired) electrons. The molecule has 0 saturated heterocycles. The number of hydrogen-bond donors (Lipinski definition) is 0. The second-order valence-electron chi connectivity index (χ2n) is 8.03. The molecule has 2 aromatic rings. The van der Waals surface area contributed by atoms with Crippen molar-refractivity contribution in [2.24, 2.45) is 10.9 Å². The molecule has 1 aliphatic heterocycles. The van der Waals surface area contributed by atoms with Crippen molar-refractivity contribution < 1.29 is 19.1 Å². The highest BCUT2D eigenvalue weighted by molar-refractivity contribution is 6.09. The SMILES string of the molecule is CCOC(=O)C1C(C)=NC2=C(C(=O)C[C@H](c3ccccc3)C2)[C@H]1c1ccc(OC)cc1. The Labute approximate surface area is 182 Å². The quantitative estimate of drug-likeness (QED) is 0.654. The van der Waals surface area contributed by atoms with Crippen molar-refractivity contribution in [2.75, 3.05) is 13.7 Å². The fourth-order valence-corrected chi connectivity index (χ4v) is 4.73. The zero-order valence-electron chi connectivity index (χ0n) is 18.1. The highest BCUT2D eigenvalue weighted by Crippen LogP contribution is 2.47. The number of carbonyl (C=O) groups excluding carboxylic acids is 2. The number of benzene rings is 2. The summed E-state index contributed by atoms with van der Waals surface area (Å²) < 4.78 is 10.7. The van der Waals surface area contributed by atoms with Crippen LogP contribution < -0.4 is 4.74 Å². The van der Waals surface area contributed by atoms with E-state index >= 15 is 0 Å². The van der Waals surface area contributed by atoms with Crippen LogP contribution in [0.1, 0.15) is 49.7 Å². The molecule has 0 spiro atoms. The van der Waals surface area contributed by atoms with Crippen molar-refractivity contribution in [1.82, 2.24) is 0 Å². The van der Waals surface area contributed by atoms with Crippen LogP contribution in [0.2, 0.25) is 0 Å². The van der Waals surface area contributed by atoms with Gasteiger partial charge >= 0.3 is 5.97 Å². The molecule has 5 heteroatoms. The summed E-state index contributed by atoms with van der Waals surface area (Å²) in [6.45, 7) is 3.93. The second-order valence-corrected chi connectivity index (χ2v) is 8.03. The number of ketones is 1. The minimum Gasteiger partial charge on any atom is -0.497 e. The molecule has 0 bridgehead atoms. The van der Waals surface area contributed by atoms with E-state index in [1.165, 1.54) is 0 Å². The van der Waals surface area contributed by atoms with Gasteiger partial charge in [0.1, 0.15) is 11.7 Å². The number of aliphatic imine (C=N–C) groups is 1. The molecule has 0 fully saturated rings. The molecule has 31 heavy (non-hydrogen) atoms. The molecule has 160 valence electrons. The van der Waals surface area contributed by atoms with Crippen LogP contribution in [0.15, 0.2) is 70.9 Å². The lowest BCUT2D eigenvalue weighted by Gasteiger charge is -2.36. The van der Waals surface area contributed by atoms with Gasteiger partial charge in [0.05, 0.1) is 13.7 Å². The van der Waals surface area contributed by atoms with Gasteiger partial charge in [-0.2, -0.15) is 0 Å². The number of esters is 1. The minimum atomic E-state index is -0.607. The van der Waals surface area contributed by atoms with Gasteiger partial charge in [0.2, 0.25) is 0 Å².